The summed E-state index contributed by atoms with van der Waals surface area (Å²) in [5, 5.41) is 16.2. The van der Waals surface area contributed by atoms with Gasteiger partial charge >= 0.3 is 5.96 Å². The largest absolute Gasteiger partial charge is 0.463 e. The lowest BCUT2D eigenvalue weighted by Gasteiger charge is -2.02. The van der Waals surface area contributed by atoms with Crippen LogP contribution in [-0.4, -0.2) is 22.3 Å². The van der Waals surface area contributed by atoms with Gasteiger partial charge < -0.3 is 4.42 Å². The van der Waals surface area contributed by atoms with Crippen LogP contribution in [0.2, 0.25) is 0 Å². The molecule has 1 rings (SSSR count). The van der Waals surface area contributed by atoms with Crippen molar-refractivity contribution in [3.8, 4) is 0 Å². The monoisotopic (exact) mass is 197 g/mol. The van der Waals surface area contributed by atoms with Gasteiger partial charge in [0.25, 0.3) is 0 Å². The first kappa shape index (κ1) is 9.86. The summed E-state index contributed by atoms with van der Waals surface area (Å²) in [4.78, 5) is 13.5. The number of nitrogens with two attached hydrogens (primary N) is 1. The summed E-state index contributed by atoms with van der Waals surface area (Å²) in [6, 6.07) is 3.21. The lowest BCUT2D eigenvalue weighted by atomic mass is 10.5. The topological polar surface area (TPSA) is 122 Å². The lowest BCUT2D eigenvalue weighted by molar-refractivity contribution is -0.632. The van der Waals surface area contributed by atoms with Crippen molar-refractivity contribution in [1.29, 1.82) is 5.41 Å². The fraction of sp³-hybridized carbons (Fsp3) is 0. The second-order valence-corrected chi connectivity index (χ2v) is 2.18. The van der Waals surface area contributed by atoms with E-state index < -0.39 is 11.0 Å². The molecule has 0 aromatic carbocycles. The van der Waals surface area contributed by atoms with Crippen molar-refractivity contribution in [3.63, 3.8) is 0 Å². The minimum atomic E-state index is -0.957. The van der Waals surface area contributed by atoms with Gasteiger partial charge in [-0.25, -0.2) is 15.1 Å². The summed E-state index contributed by atoms with van der Waals surface area (Å²) in [6.07, 6.45) is 2.57. The third kappa shape index (κ3) is 2.38. The number of hydrogen-bond acceptors (Lipinski definition) is 5. The van der Waals surface area contributed by atoms with E-state index >= 15 is 0 Å². The van der Waals surface area contributed by atoms with Gasteiger partial charge in [-0.3, -0.25) is 5.41 Å². The average molecular weight is 197 g/mol. The molecular formula is C6H7N5O3. The molecule has 0 aliphatic heterocycles. The Hall–Kier alpha value is -2.22. The van der Waals surface area contributed by atoms with Gasteiger partial charge in [-0.2, -0.15) is 5.84 Å². The van der Waals surface area contributed by atoms with E-state index in [2.05, 4.69) is 4.99 Å². The summed E-state index contributed by atoms with van der Waals surface area (Å²) in [7, 11) is 0. The van der Waals surface area contributed by atoms with Crippen molar-refractivity contribution >= 4 is 12.2 Å². The van der Waals surface area contributed by atoms with Gasteiger partial charge in [0.05, 0.1) is 12.5 Å². The lowest BCUT2D eigenvalue weighted by Crippen LogP contribution is -2.40. The first-order valence-electron chi connectivity index (χ1n) is 3.46. The second kappa shape index (κ2) is 4.14. The van der Waals surface area contributed by atoms with Gasteiger partial charge in [0.15, 0.2) is 5.03 Å². The first-order valence-corrected chi connectivity index (χ1v) is 3.46. The molecule has 1 aromatic heterocycles. The minimum absolute atomic E-state index is 0.000556. The van der Waals surface area contributed by atoms with Crippen LogP contribution < -0.4 is 5.84 Å². The summed E-state index contributed by atoms with van der Waals surface area (Å²) < 4.78 is 4.85. The average Bonchev–Trinajstić information content (AvgIpc) is 2.65. The van der Waals surface area contributed by atoms with Crippen molar-refractivity contribution in [2.45, 2.75) is 0 Å². The van der Waals surface area contributed by atoms with E-state index in [1.807, 2.05) is 0 Å². The zero-order valence-corrected chi connectivity index (χ0v) is 6.95. The standard InChI is InChI=1S/C6H7N5O3/c7-6(10(8)11(12)13)9-4-5-2-1-3-14-5/h1-4,7H,8H2. The minimum Gasteiger partial charge on any atom is -0.463 e. The van der Waals surface area contributed by atoms with Gasteiger partial charge in [-0.1, -0.05) is 0 Å². The van der Waals surface area contributed by atoms with Crippen LogP contribution in [0.25, 0.3) is 0 Å². The zero-order chi connectivity index (χ0) is 10.6. The molecule has 8 nitrogen and oxygen atoms in total. The molecule has 0 bridgehead atoms. The maximum atomic E-state index is 10.1. The highest BCUT2D eigenvalue weighted by Gasteiger charge is 2.13. The smallest absolute Gasteiger partial charge is 0.300 e. The highest BCUT2D eigenvalue weighted by atomic mass is 16.7. The summed E-state index contributed by atoms with van der Waals surface area (Å²) in [6.45, 7) is 0. The summed E-state index contributed by atoms with van der Waals surface area (Å²) in [5.74, 6) is 4.56. The quantitative estimate of drug-likeness (QED) is 0.227. The van der Waals surface area contributed by atoms with Crippen LogP contribution >= 0.6 is 0 Å². The van der Waals surface area contributed by atoms with Gasteiger partial charge in [0.1, 0.15) is 5.76 Å². The molecule has 0 saturated carbocycles. The van der Waals surface area contributed by atoms with Gasteiger partial charge in [0.2, 0.25) is 0 Å². The SMILES string of the molecule is N=C(N=Cc1ccco1)N(N)[N+](=O)[O-]. The normalized spacial score (nSPS) is 10.4. The van der Waals surface area contributed by atoms with Crippen molar-refractivity contribution in [3.05, 3.63) is 34.3 Å². The van der Waals surface area contributed by atoms with E-state index in [4.69, 9.17) is 15.7 Å². The van der Waals surface area contributed by atoms with Crippen molar-refractivity contribution < 1.29 is 9.45 Å². The Bertz CT molecular complexity index is 358. The Labute approximate surface area is 78.2 Å². The van der Waals surface area contributed by atoms with Crippen LogP contribution in [0.5, 0.6) is 0 Å². The van der Waals surface area contributed by atoms with Crippen molar-refractivity contribution in [2.75, 3.05) is 0 Å². The van der Waals surface area contributed by atoms with Crippen LogP contribution in [0.15, 0.2) is 27.8 Å². The molecule has 0 amide bonds. The molecule has 1 heterocycles. The van der Waals surface area contributed by atoms with Gasteiger partial charge in [0, 0.05) is 5.12 Å². The molecule has 1 aromatic rings. The predicted octanol–water partition coefficient (Wildman–Crippen LogP) is 0.000670. The van der Waals surface area contributed by atoms with Crippen molar-refractivity contribution in [2.24, 2.45) is 10.8 Å². The van der Waals surface area contributed by atoms with Crippen molar-refractivity contribution in [1.82, 2.24) is 5.12 Å². The molecular weight excluding hydrogens is 190 g/mol. The molecule has 14 heavy (non-hydrogen) atoms. The van der Waals surface area contributed by atoms with E-state index in [1.54, 1.807) is 12.1 Å². The number of rotatable bonds is 2. The maximum Gasteiger partial charge on any atom is 0.300 e. The molecule has 0 spiro atoms. The number of hydrogen-bond donors (Lipinski definition) is 2. The molecule has 0 aliphatic rings. The molecule has 0 fully saturated rings. The number of guanidine groups is 1. The highest BCUT2D eigenvalue weighted by Crippen LogP contribution is 1.95. The second-order valence-electron chi connectivity index (χ2n) is 2.18. The van der Waals surface area contributed by atoms with E-state index in [9.17, 15) is 10.1 Å². The van der Waals surface area contributed by atoms with Crippen LogP contribution in [-0.2, 0) is 0 Å². The van der Waals surface area contributed by atoms with E-state index in [1.165, 1.54) is 6.26 Å². The molecule has 0 saturated heterocycles. The number of nitro groups is 1. The Morgan fingerprint density at radius 2 is 2.57 bits per heavy atom. The number of furan rings is 1. The fourth-order valence-electron chi connectivity index (χ4n) is 0.626. The molecule has 3 N–H and O–H groups in total. The fourth-order valence-corrected chi connectivity index (χ4v) is 0.626. The van der Waals surface area contributed by atoms with Gasteiger partial charge in [-0.05, 0) is 12.1 Å². The maximum absolute atomic E-state index is 10.1. The molecule has 0 atom stereocenters. The summed E-state index contributed by atoms with van der Waals surface area (Å²) >= 11 is 0. The Morgan fingerprint density at radius 1 is 1.86 bits per heavy atom. The number of nitrogens with one attached hydrogen (secondary N) is 1. The van der Waals surface area contributed by atoms with Crippen LogP contribution in [0.1, 0.15) is 5.76 Å². The summed E-state index contributed by atoms with van der Waals surface area (Å²) in [5.41, 5.74) is 0. The third-order valence-electron chi connectivity index (χ3n) is 1.25. The molecule has 0 aliphatic carbocycles. The highest BCUT2D eigenvalue weighted by molar-refractivity contribution is 5.89. The number of aliphatic imine (C=N–C) groups is 1. The molecule has 74 valence electrons. The molecule has 0 radical (unpaired) electrons. The van der Waals surface area contributed by atoms with E-state index in [0.29, 0.717) is 5.76 Å². The van der Waals surface area contributed by atoms with Crippen LogP contribution in [0, 0.1) is 15.5 Å². The Kier molecular flexibility index (Phi) is 2.92. The van der Waals surface area contributed by atoms with E-state index in [-0.39, 0.29) is 5.12 Å². The third-order valence-corrected chi connectivity index (χ3v) is 1.25. The number of hydrazine groups is 2. The zero-order valence-electron chi connectivity index (χ0n) is 6.95. The predicted molar refractivity (Wildman–Crippen MR) is 47.0 cm³/mol. The van der Waals surface area contributed by atoms with E-state index in [0.717, 1.165) is 6.21 Å². The van der Waals surface area contributed by atoms with Crippen LogP contribution in [0.4, 0.5) is 0 Å². The first-order chi connectivity index (χ1) is 6.61. The Morgan fingerprint density at radius 3 is 3.07 bits per heavy atom. The molecule has 8 heteroatoms. The number of nitrogens with zero attached hydrogens (tertiary/aromatic N) is 3. The van der Waals surface area contributed by atoms with Gasteiger partial charge in [-0.15, -0.1) is 0 Å². The Balaban J connectivity index is 2.61. The molecule has 0 unspecified atom stereocenters. The van der Waals surface area contributed by atoms with Crippen LogP contribution in [0.3, 0.4) is 0 Å².